The molecule has 9 heteroatoms. The molecule has 0 saturated carbocycles. The Balaban J connectivity index is 1.36. The number of thiophene rings is 1. The van der Waals surface area contributed by atoms with Crippen molar-refractivity contribution in [2.75, 3.05) is 16.8 Å². The minimum atomic E-state index is -0.273. The highest BCUT2D eigenvalue weighted by atomic mass is 32.1. The van der Waals surface area contributed by atoms with E-state index in [-0.39, 0.29) is 11.8 Å². The topological polar surface area (TPSA) is 87.2 Å². The van der Waals surface area contributed by atoms with Crippen molar-refractivity contribution >= 4 is 61.8 Å². The van der Waals surface area contributed by atoms with Gasteiger partial charge in [0.15, 0.2) is 5.82 Å². The molecule has 0 aliphatic carbocycles. The molecular weight excluding hydrogens is 502 g/mol. The number of carbonyl (C=O) groups excluding carboxylic acids is 2. The molecular formula is C28H23N5O2S2. The van der Waals surface area contributed by atoms with Gasteiger partial charge in [0.1, 0.15) is 5.01 Å². The summed E-state index contributed by atoms with van der Waals surface area (Å²) < 4.78 is 1.05. The number of hydrogen-bond acceptors (Lipinski definition) is 7. The van der Waals surface area contributed by atoms with Gasteiger partial charge in [-0.3, -0.25) is 9.59 Å². The van der Waals surface area contributed by atoms with Crippen LogP contribution in [0.4, 0.5) is 17.2 Å². The summed E-state index contributed by atoms with van der Waals surface area (Å²) in [5.74, 6) is 0.118. The Hall–Kier alpha value is -4.08. The predicted molar refractivity (Wildman–Crippen MR) is 149 cm³/mol. The molecule has 0 unspecified atom stereocenters. The number of benzene rings is 2. The summed E-state index contributed by atoms with van der Waals surface area (Å²) in [6.07, 6.45) is 5.24. The van der Waals surface area contributed by atoms with E-state index in [0.717, 1.165) is 40.2 Å². The van der Waals surface area contributed by atoms with Gasteiger partial charge < -0.3 is 15.5 Å². The summed E-state index contributed by atoms with van der Waals surface area (Å²) in [5, 5.41) is 11.4. The van der Waals surface area contributed by atoms with Crippen molar-refractivity contribution < 1.29 is 9.59 Å². The quantitative estimate of drug-likeness (QED) is 0.283. The van der Waals surface area contributed by atoms with Gasteiger partial charge in [0.25, 0.3) is 11.8 Å². The van der Waals surface area contributed by atoms with E-state index in [0.29, 0.717) is 29.2 Å². The van der Waals surface area contributed by atoms with Crippen LogP contribution in [-0.4, -0.2) is 28.3 Å². The van der Waals surface area contributed by atoms with E-state index in [1.54, 1.807) is 18.5 Å². The lowest BCUT2D eigenvalue weighted by molar-refractivity contribution is 0.0949. The predicted octanol–water partition coefficient (Wildman–Crippen LogP) is 6.02. The fourth-order valence-electron chi connectivity index (χ4n) is 4.58. The van der Waals surface area contributed by atoms with Crippen LogP contribution in [0.25, 0.3) is 10.1 Å². The molecule has 3 aromatic heterocycles. The molecule has 1 aliphatic heterocycles. The summed E-state index contributed by atoms with van der Waals surface area (Å²) >= 11 is 3.01. The third kappa shape index (κ3) is 4.71. The number of para-hydroxylation sites is 1. The van der Waals surface area contributed by atoms with Gasteiger partial charge >= 0.3 is 0 Å². The molecule has 1 aliphatic rings. The first-order valence-electron chi connectivity index (χ1n) is 12.0. The third-order valence-electron chi connectivity index (χ3n) is 6.35. The Morgan fingerprint density at radius 2 is 1.86 bits per heavy atom. The van der Waals surface area contributed by atoms with Gasteiger partial charge in [-0.15, -0.1) is 22.7 Å². The lowest BCUT2D eigenvalue weighted by Crippen LogP contribution is -2.28. The third-order valence-corrected chi connectivity index (χ3v) is 8.10. The number of nitrogens with zero attached hydrogens (tertiary/aromatic N) is 3. The molecule has 4 heterocycles. The molecule has 2 N–H and O–H groups in total. The maximum Gasteiger partial charge on any atom is 0.257 e. The first-order valence-corrected chi connectivity index (χ1v) is 13.7. The number of aryl methyl sites for hydroxylation is 1. The number of rotatable bonds is 6. The summed E-state index contributed by atoms with van der Waals surface area (Å²) in [7, 11) is 0. The van der Waals surface area contributed by atoms with Gasteiger partial charge in [-0.05, 0) is 36.6 Å². The molecule has 184 valence electrons. The lowest BCUT2D eigenvalue weighted by atomic mass is 10.0. The maximum atomic E-state index is 13.5. The average molecular weight is 526 g/mol. The van der Waals surface area contributed by atoms with Crippen molar-refractivity contribution in [3.05, 3.63) is 99.4 Å². The number of carbonyl (C=O) groups is 2. The van der Waals surface area contributed by atoms with Crippen LogP contribution in [0.15, 0.2) is 77.8 Å². The van der Waals surface area contributed by atoms with Crippen LogP contribution in [0.1, 0.15) is 37.7 Å². The van der Waals surface area contributed by atoms with Crippen LogP contribution >= 0.6 is 22.7 Å². The number of fused-ring (bicyclic) bond motifs is 2. The lowest BCUT2D eigenvalue weighted by Gasteiger charge is -2.31. The largest absolute Gasteiger partial charge is 0.345 e. The number of aromatic nitrogens is 2. The van der Waals surface area contributed by atoms with E-state index in [2.05, 4.69) is 32.7 Å². The zero-order valence-corrected chi connectivity index (χ0v) is 21.4. The Labute approximate surface area is 221 Å². The van der Waals surface area contributed by atoms with Crippen LogP contribution in [-0.2, 0) is 13.0 Å². The van der Waals surface area contributed by atoms with E-state index >= 15 is 0 Å². The van der Waals surface area contributed by atoms with Gasteiger partial charge in [-0.25, -0.2) is 9.97 Å². The highest BCUT2D eigenvalue weighted by molar-refractivity contribution is 7.17. The van der Waals surface area contributed by atoms with Gasteiger partial charge in [-0.1, -0.05) is 36.4 Å². The van der Waals surface area contributed by atoms with Crippen molar-refractivity contribution in [3.8, 4) is 0 Å². The molecule has 0 atom stereocenters. The molecule has 0 fully saturated rings. The number of hydrogen-bond donors (Lipinski definition) is 2. The molecule has 7 nitrogen and oxygen atoms in total. The molecule has 0 saturated heterocycles. The van der Waals surface area contributed by atoms with E-state index in [1.807, 2.05) is 47.2 Å². The van der Waals surface area contributed by atoms with Crippen molar-refractivity contribution in [2.24, 2.45) is 0 Å². The average Bonchev–Trinajstić information content (AvgIpc) is 3.62. The fraction of sp³-hybridized carbons (Fsp3) is 0.143. The Bertz CT molecular complexity index is 1600. The molecule has 0 spiro atoms. The van der Waals surface area contributed by atoms with Gasteiger partial charge in [-0.2, -0.15) is 0 Å². The first kappa shape index (κ1) is 23.3. The molecule has 2 amide bonds. The summed E-state index contributed by atoms with van der Waals surface area (Å²) in [5.41, 5.74) is 3.78. The van der Waals surface area contributed by atoms with Gasteiger partial charge in [0.05, 0.1) is 23.4 Å². The van der Waals surface area contributed by atoms with E-state index in [9.17, 15) is 9.59 Å². The van der Waals surface area contributed by atoms with Gasteiger partial charge in [0.2, 0.25) is 0 Å². The Morgan fingerprint density at radius 3 is 2.76 bits per heavy atom. The molecule has 0 radical (unpaired) electrons. The normalized spacial score (nSPS) is 12.8. The highest BCUT2D eigenvalue weighted by Crippen LogP contribution is 2.37. The van der Waals surface area contributed by atoms with Crippen LogP contribution in [0, 0.1) is 0 Å². The van der Waals surface area contributed by atoms with Gasteiger partial charge in [0, 0.05) is 45.5 Å². The number of thiazole rings is 1. The van der Waals surface area contributed by atoms with E-state index in [4.69, 9.17) is 4.98 Å². The van der Waals surface area contributed by atoms with Crippen molar-refractivity contribution in [1.29, 1.82) is 0 Å². The fourth-order valence-corrected chi connectivity index (χ4v) is 6.08. The monoisotopic (exact) mass is 525 g/mol. The number of amides is 2. The van der Waals surface area contributed by atoms with Crippen LogP contribution in [0.3, 0.4) is 0 Å². The molecule has 5 aromatic rings. The minimum absolute atomic E-state index is 0.230. The zero-order chi connectivity index (χ0) is 25.2. The Kier molecular flexibility index (Phi) is 6.38. The summed E-state index contributed by atoms with van der Waals surface area (Å²) in [6, 6.07) is 17.8. The minimum Gasteiger partial charge on any atom is -0.345 e. The van der Waals surface area contributed by atoms with Crippen LogP contribution in [0.2, 0.25) is 0 Å². The van der Waals surface area contributed by atoms with Crippen molar-refractivity contribution in [1.82, 2.24) is 15.3 Å². The smallest absolute Gasteiger partial charge is 0.257 e. The molecule has 0 bridgehead atoms. The Morgan fingerprint density at radius 1 is 1.00 bits per heavy atom. The SMILES string of the molecule is O=C(NCc1nccs1)c1cnc(N2CCCc3ccccc32)c(NC(=O)c2csc3ccccc23)c1. The summed E-state index contributed by atoms with van der Waals surface area (Å²) in [4.78, 5) is 37.5. The second-order valence-corrected chi connectivity index (χ2v) is 10.6. The van der Waals surface area contributed by atoms with E-state index in [1.165, 1.54) is 28.2 Å². The molecule has 2 aromatic carbocycles. The maximum absolute atomic E-state index is 13.5. The second kappa shape index (κ2) is 10.1. The van der Waals surface area contributed by atoms with Crippen molar-refractivity contribution in [2.45, 2.75) is 19.4 Å². The standard InChI is InChI=1S/C28H23N5O2S2/c34-27(31-16-25-29-11-13-36-25)19-14-22(32-28(35)21-17-37-24-10-4-2-8-20(21)24)26(30-15-19)33-12-5-7-18-6-1-3-9-23(18)33/h1-4,6,8-11,13-15,17H,5,7,12,16H2,(H,31,34)(H,32,35). The number of anilines is 3. The van der Waals surface area contributed by atoms with Crippen LogP contribution < -0.4 is 15.5 Å². The number of pyridine rings is 1. The first-order chi connectivity index (χ1) is 18.2. The number of nitrogens with one attached hydrogen (secondary N) is 2. The second-order valence-electron chi connectivity index (χ2n) is 8.69. The summed E-state index contributed by atoms with van der Waals surface area (Å²) in [6.45, 7) is 1.10. The van der Waals surface area contributed by atoms with Crippen molar-refractivity contribution in [3.63, 3.8) is 0 Å². The van der Waals surface area contributed by atoms with E-state index < -0.39 is 0 Å². The van der Waals surface area contributed by atoms with Crippen LogP contribution in [0.5, 0.6) is 0 Å². The zero-order valence-electron chi connectivity index (χ0n) is 19.8. The molecule has 6 rings (SSSR count). The highest BCUT2D eigenvalue weighted by Gasteiger charge is 2.24. The molecule has 37 heavy (non-hydrogen) atoms.